The van der Waals surface area contributed by atoms with Gasteiger partial charge in [-0.05, 0) is 46.1 Å². The van der Waals surface area contributed by atoms with Crippen molar-refractivity contribution in [3.05, 3.63) is 99.5 Å². The molecule has 1 spiro atoms. The summed E-state index contributed by atoms with van der Waals surface area (Å²) in [5, 5.41) is 0. The van der Waals surface area contributed by atoms with Gasteiger partial charge in [-0.15, -0.1) is 0 Å². The summed E-state index contributed by atoms with van der Waals surface area (Å²) in [4.78, 5) is 56.3. The van der Waals surface area contributed by atoms with Crippen LogP contribution in [0.25, 0.3) is 0 Å². The van der Waals surface area contributed by atoms with E-state index in [2.05, 4.69) is 15.9 Å². The number of halogens is 1. The quantitative estimate of drug-likeness (QED) is 0.372. The Morgan fingerprint density at radius 3 is 2.06 bits per heavy atom. The van der Waals surface area contributed by atoms with E-state index in [0.29, 0.717) is 15.7 Å². The predicted molar refractivity (Wildman–Crippen MR) is 126 cm³/mol. The summed E-state index contributed by atoms with van der Waals surface area (Å²) >= 11 is 3.46. The molecule has 1 aliphatic carbocycles. The number of aryl methyl sites for hydroxylation is 1. The molecule has 3 aromatic carbocycles. The first-order valence-electron chi connectivity index (χ1n) is 10.9. The van der Waals surface area contributed by atoms with Gasteiger partial charge in [-0.1, -0.05) is 60.7 Å². The molecule has 7 heteroatoms. The zero-order chi connectivity index (χ0) is 23.8. The number of benzene rings is 3. The van der Waals surface area contributed by atoms with Crippen molar-refractivity contribution in [3.63, 3.8) is 0 Å². The number of ether oxygens (including phenoxy) is 1. The molecular weight excluding hydrogens is 498 g/mol. The molecule has 6 rings (SSSR count). The molecule has 0 saturated carbocycles. The highest BCUT2D eigenvalue weighted by Gasteiger charge is 2.74. The van der Waals surface area contributed by atoms with Crippen molar-refractivity contribution >= 4 is 45.0 Å². The lowest BCUT2D eigenvalue weighted by Crippen LogP contribution is -2.51. The third-order valence-electron chi connectivity index (χ3n) is 6.99. The number of amides is 2. The van der Waals surface area contributed by atoms with Gasteiger partial charge >= 0.3 is 0 Å². The van der Waals surface area contributed by atoms with Crippen molar-refractivity contribution in [2.45, 2.75) is 18.6 Å². The topological polar surface area (TPSA) is 80.8 Å². The van der Waals surface area contributed by atoms with E-state index < -0.39 is 46.9 Å². The fraction of sp³-hybridized carbons (Fsp3) is 0.185. The van der Waals surface area contributed by atoms with Crippen LogP contribution in [0.5, 0.6) is 0 Å². The minimum Gasteiger partial charge on any atom is -0.349 e. The Hall–Kier alpha value is -3.42. The molecule has 0 bridgehead atoms. The second-order valence-electron chi connectivity index (χ2n) is 8.86. The van der Waals surface area contributed by atoms with E-state index in [0.717, 1.165) is 10.5 Å². The van der Waals surface area contributed by atoms with Crippen molar-refractivity contribution in [2.24, 2.45) is 11.8 Å². The molecule has 3 unspecified atom stereocenters. The Morgan fingerprint density at radius 1 is 0.824 bits per heavy atom. The first-order valence-corrected chi connectivity index (χ1v) is 11.7. The number of Topliss-reactive ketones (excluding diaryl/α,β-unsaturated/α-hetero) is 2. The Bertz CT molecular complexity index is 1380. The van der Waals surface area contributed by atoms with Crippen LogP contribution >= 0.6 is 15.9 Å². The standard InChI is InChI=1S/C27H18BrNO5/c1-14-11-12-19(18(28)13-14)29-25(32)20-21(26(29)33)27(34-22(20)15-7-3-2-4-8-15)23(30)16-9-5-6-10-17(16)24(27)31/h2-13,20-22H,1H3. The lowest BCUT2D eigenvalue weighted by molar-refractivity contribution is -0.127. The van der Waals surface area contributed by atoms with Gasteiger partial charge in [0.2, 0.25) is 29.0 Å². The number of hydrogen-bond donors (Lipinski definition) is 0. The molecular formula is C27H18BrNO5. The number of fused-ring (bicyclic) bond motifs is 3. The molecule has 2 saturated heterocycles. The summed E-state index contributed by atoms with van der Waals surface area (Å²) < 4.78 is 6.84. The van der Waals surface area contributed by atoms with Gasteiger partial charge in [0.1, 0.15) is 0 Å². The number of hydrogen-bond acceptors (Lipinski definition) is 5. The monoisotopic (exact) mass is 515 g/mol. The molecule has 2 heterocycles. The fourth-order valence-corrected chi connectivity index (χ4v) is 6.16. The SMILES string of the molecule is Cc1ccc(N2C(=O)C3C(c4ccccc4)OC4(C(=O)c5ccccc5C4=O)C3C2=O)c(Br)c1. The maximum absolute atomic E-state index is 13.9. The summed E-state index contributed by atoms with van der Waals surface area (Å²) in [5.41, 5.74) is 0.344. The Labute approximate surface area is 203 Å². The summed E-state index contributed by atoms with van der Waals surface area (Å²) in [5.74, 6) is -4.48. The van der Waals surface area contributed by atoms with Crippen molar-refractivity contribution in [3.8, 4) is 0 Å². The zero-order valence-electron chi connectivity index (χ0n) is 18.0. The van der Waals surface area contributed by atoms with Crippen molar-refractivity contribution < 1.29 is 23.9 Å². The van der Waals surface area contributed by atoms with Crippen LogP contribution in [0.4, 0.5) is 5.69 Å². The number of carbonyl (C=O) groups excluding carboxylic acids is 4. The number of ketones is 2. The summed E-state index contributed by atoms with van der Waals surface area (Å²) in [7, 11) is 0. The van der Waals surface area contributed by atoms with Gasteiger partial charge in [0.25, 0.3) is 0 Å². The van der Waals surface area contributed by atoms with Crippen LogP contribution in [0.2, 0.25) is 0 Å². The van der Waals surface area contributed by atoms with Crippen LogP contribution in [0.1, 0.15) is 37.9 Å². The van der Waals surface area contributed by atoms with E-state index in [1.54, 1.807) is 60.7 Å². The normalized spacial score (nSPS) is 24.8. The molecule has 2 aliphatic heterocycles. The minimum atomic E-state index is -2.06. The third-order valence-corrected chi connectivity index (χ3v) is 7.63. The van der Waals surface area contributed by atoms with Gasteiger partial charge in [0.05, 0.1) is 23.6 Å². The smallest absolute Gasteiger partial charge is 0.241 e. The highest BCUT2D eigenvalue weighted by Crippen LogP contribution is 2.58. The van der Waals surface area contributed by atoms with Crippen LogP contribution in [0.15, 0.2) is 77.3 Å². The summed E-state index contributed by atoms with van der Waals surface area (Å²) in [6.45, 7) is 1.90. The molecule has 3 aromatic rings. The van der Waals surface area contributed by atoms with E-state index in [9.17, 15) is 19.2 Å². The number of anilines is 1. The van der Waals surface area contributed by atoms with Crippen LogP contribution < -0.4 is 4.90 Å². The van der Waals surface area contributed by atoms with Crippen molar-refractivity contribution in [2.75, 3.05) is 4.90 Å². The van der Waals surface area contributed by atoms with E-state index in [-0.39, 0.29) is 11.1 Å². The highest BCUT2D eigenvalue weighted by molar-refractivity contribution is 9.10. The Kier molecular flexibility index (Phi) is 4.53. The zero-order valence-corrected chi connectivity index (χ0v) is 19.6. The highest BCUT2D eigenvalue weighted by atomic mass is 79.9. The Morgan fingerprint density at radius 2 is 1.44 bits per heavy atom. The first kappa shape index (κ1) is 21.1. The van der Waals surface area contributed by atoms with Gasteiger partial charge in [0.15, 0.2) is 0 Å². The molecule has 168 valence electrons. The lowest BCUT2D eigenvalue weighted by atomic mass is 9.77. The van der Waals surface area contributed by atoms with Gasteiger partial charge in [0, 0.05) is 15.6 Å². The molecule has 0 radical (unpaired) electrons. The van der Waals surface area contributed by atoms with Gasteiger partial charge in [-0.25, -0.2) is 4.90 Å². The first-order chi connectivity index (χ1) is 16.4. The van der Waals surface area contributed by atoms with Gasteiger partial charge < -0.3 is 4.74 Å². The molecule has 2 fully saturated rings. The molecule has 6 nitrogen and oxygen atoms in total. The van der Waals surface area contributed by atoms with E-state index in [1.165, 1.54) is 0 Å². The second-order valence-corrected chi connectivity index (χ2v) is 9.71. The van der Waals surface area contributed by atoms with Crippen LogP contribution in [-0.4, -0.2) is 29.0 Å². The largest absolute Gasteiger partial charge is 0.349 e. The maximum atomic E-state index is 13.9. The van der Waals surface area contributed by atoms with Crippen molar-refractivity contribution in [1.82, 2.24) is 0 Å². The predicted octanol–water partition coefficient (Wildman–Crippen LogP) is 4.45. The third kappa shape index (κ3) is 2.59. The van der Waals surface area contributed by atoms with Crippen LogP contribution in [-0.2, 0) is 14.3 Å². The number of rotatable bonds is 2. The average molecular weight is 516 g/mol. The number of nitrogens with zero attached hydrogens (tertiary/aromatic N) is 1. The number of imide groups is 1. The maximum Gasteiger partial charge on any atom is 0.241 e. The lowest BCUT2D eigenvalue weighted by Gasteiger charge is -2.27. The molecule has 0 N–H and O–H groups in total. The summed E-state index contributed by atoms with van der Waals surface area (Å²) in [6, 6.07) is 20.7. The molecule has 3 aliphatic rings. The fourth-order valence-electron chi connectivity index (χ4n) is 5.49. The molecule has 2 amide bonds. The second kappa shape index (κ2) is 7.29. The molecule has 0 aromatic heterocycles. The van der Waals surface area contributed by atoms with E-state index in [4.69, 9.17) is 4.74 Å². The minimum absolute atomic E-state index is 0.218. The van der Waals surface area contributed by atoms with E-state index in [1.807, 2.05) is 19.1 Å². The summed E-state index contributed by atoms with van der Waals surface area (Å²) in [6.07, 6.45) is -0.918. The van der Waals surface area contributed by atoms with Crippen LogP contribution in [0, 0.1) is 18.8 Å². The average Bonchev–Trinajstić information content (AvgIpc) is 3.40. The van der Waals surface area contributed by atoms with Crippen molar-refractivity contribution in [1.29, 1.82) is 0 Å². The molecule has 3 atom stereocenters. The molecule has 34 heavy (non-hydrogen) atoms. The number of carbonyl (C=O) groups is 4. The van der Waals surface area contributed by atoms with E-state index >= 15 is 0 Å². The van der Waals surface area contributed by atoms with Crippen LogP contribution in [0.3, 0.4) is 0 Å². The van der Waals surface area contributed by atoms with Gasteiger partial charge in [-0.3, -0.25) is 19.2 Å². The Balaban J connectivity index is 1.56. The van der Waals surface area contributed by atoms with Gasteiger partial charge in [-0.2, -0.15) is 0 Å².